The summed E-state index contributed by atoms with van der Waals surface area (Å²) in [4.78, 5) is 12.8. The van der Waals surface area contributed by atoms with Crippen molar-refractivity contribution in [3.05, 3.63) is 0 Å². The number of piperidine rings is 1. The lowest BCUT2D eigenvalue weighted by Gasteiger charge is -2.26. The lowest BCUT2D eigenvalue weighted by molar-refractivity contribution is -0.129. The van der Waals surface area contributed by atoms with E-state index in [0.717, 1.165) is 25.9 Å². The Morgan fingerprint density at radius 2 is 1.90 bits per heavy atom. The minimum absolute atomic E-state index is 0.0969. The summed E-state index contributed by atoms with van der Waals surface area (Å²) in [6, 6.07) is 0. The third-order valence-corrected chi connectivity index (χ3v) is 1.88. The van der Waals surface area contributed by atoms with Gasteiger partial charge in [0.05, 0.1) is 7.85 Å². The fourth-order valence-electron chi connectivity index (χ4n) is 1.27. The molecule has 0 aromatic heterocycles. The van der Waals surface area contributed by atoms with Crippen LogP contribution in [0.5, 0.6) is 0 Å². The lowest BCUT2D eigenvalue weighted by Crippen LogP contribution is -2.35. The predicted molar refractivity (Wildman–Crippen MR) is 41.0 cm³/mol. The number of likely N-dealkylation sites (tertiary alicyclic amines) is 1. The van der Waals surface area contributed by atoms with Crippen molar-refractivity contribution in [2.45, 2.75) is 25.6 Å². The highest BCUT2D eigenvalue weighted by atomic mass is 16.2. The van der Waals surface area contributed by atoms with Crippen LogP contribution in [0.1, 0.15) is 19.3 Å². The Morgan fingerprint density at radius 3 is 2.40 bits per heavy atom. The molecule has 2 radical (unpaired) electrons. The SMILES string of the molecule is [B]CC(=O)N1CCCCC1. The first-order valence-electron chi connectivity index (χ1n) is 3.82. The van der Waals surface area contributed by atoms with Gasteiger partial charge in [0.15, 0.2) is 0 Å². The number of amides is 1. The summed E-state index contributed by atoms with van der Waals surface area (Å²) in [7, 11) is 5.21. The van der Waals surface area contributed by atoms with Crippen molar-refractivity contribution in [2.75, 3.05) is 13.1 Å². The van der Waals surface area contributed by atoms with E-state index in [4.69, 9.17) is 7.85 Å². The van der Waals surface area contributed by atoms with Gasteiger partial charge in [-0.2, -0.15) is 0 Å². The second kappa shape index (κ2) is 3.64. The molecular formula is C7H12BNO. The van der Waals surface area contributed by atoms with Crippen molar-refractivity contribution in [3.8, 4) is 0 Å². The highest BCUT2D eigenvalue weighted by molar-refractivity contribution is 6.19. The van der Waals surface area contributed by atoms with Crippen molar-refractivity contribution < 1.29 is 4.79 Å². The Kier molecular flexibility index (Phi) is 2.78. The van der Waals surface area contributed by atoms with Gasteiger partial charge in [-0.15, -0.1) is 0 Å². The fourth-order valence-corrected chi connectivity index (χ4v) is 1.27. The van der Waals surface area contributed by atoms with Crippen molar-refractivity contribution in [3.63, 3.8) is 0 Å². The summed E-state index contributed by atoms with van der Waals surface area (Å²) in [6.07, 6.45) is 3.71. The van der Waals surface area contributed by atoms with Gasteiger partial charge in [-0.05, 0) is 25.6 Å². The van der Waals surface area contributed by atoms with Crippen molar-refractivity contribution in [2.24, 2.45) is 0 Å². The quantitative estimate of drug-likeness (QED) is 0.484. The number of rotatable bonds is 1. The topological polar surface area (TPSA) is 20.3 Å². The molecule has 1 amide bonds. The minimum Gasteiger partial charge on any atom is -0.343 e. The van der Waals surface area contributed by atoms with Gasteiger partial charge in [-0.25, -0.2) is 0 Å². The summed E-state index contributed by atoms with van der Waals surface area (Å²) in [5.41, 5.74) is 0. The Morgan fingerprint density at radius 1 is 1.30 bits per heavy atom. The molecule has 54 valence electrons. The Labute approximate surface area is 63.0 Å². The van der Waals surface area contributed by atoms with Gasteiger partial charge in [-0.3, -0.25) is 4.79 Å². The molecule has 1 aliphatic heterocycles. The molecule has 0 atom stereocenters. The summed E-state index contributed by atoms with van der Waals surface area (Å²) in [6.45, 7) is 1.83. The molecule has 10 heavy (non-hydrogen) atoms. The summed E-state index contributed by atoms with van der Waals surface area (Å²) >= 11 is 0. The molecular weight excluding hydrogens is 125 g/mol. The van der Waals surface area contributed by atoms with Crippen LogP contribution in [0.2, 0.25) is 6.32 Å². The van der Waals surface area contributed by atoms with Crippen LogP contribution < -0.4 is 0 Å². The van der Waals surface area contributed by atoms with Crippen LogP contribution in [0.15, 0.2) is 0 Å². The van der Waals surface area contributed by atoms with Crippen molar-refractivity contribution >= 4 is 13.8 Å². The second-order valence-corrected chi connectivity index (χ2v) is 2.65. The maximum absolute atomic E-state index is 11.0. The number of carbonyl (C=O) groups is 1. The Bertz CT molecular complexity index is 121. The van der Waals surface area contributed by atoms with Crippen LogP contribution in [-0.4, -0.2) is 31.7 Å². The van der Waals surface area contributed by atoms with Crippen LogP contribution in [0.25, 0.3) is 0 Å². The van der Waals surface area contributed by atoms with E-state index in [1.54, 1.807) is 0 Å². The molecule has 1 rings (SSSR count). The van der Waals surface area contributed by atoms with Gasteiger partial charge >= 0.3 is 0 Å². The first-order chi connectivity index (χ1) is 4.84. The molecule has 0 aromatic rings. The highest BCUT2D eigenvalue weighted by Gasteiger charge is 2.13. The van der Waals surface area contributed by atoms with E-state index in [2.05, 4.69) is 0 Å². The van der Waals surface area contributed by atoms with E-state index in [-0.39, 0.29) is 12.2 Å². The normalized spacial score (nSPS) is 19.0. The van der Waals surface area contributed by atoms with Gasteiger partial charge in [-0.1, -0.05) is 0 Å². The maximum Gasteiger partial charge on any atom is 0.213 e. The van der Waals surface area contributed by atoms with Gasteiger partial charge in [0.2, 0.25) is 5.91 Å². The third kappa shape index (κ3) is 1.76. The largest absolute Gasteiger partial charge is 0.343 e. The highest BCUT2D eigenvalue weighted by Crippen LogP contribution is 2.08. The zero-order chi connectivity index (χ0) is 7.40. The van der Waals surface area contributed by atoms with E-state index in [1.165, 1.54) is 6.42 Å². The molecule has 1 aliphatic rings. The molecule has 1 heterocycles. The first-order valence-corrected chi connectivity index (χ1v) is 3.82. The van der Waals surface area contributed by atoms with Crippen LogP contribution >= 0.6 is 0 Å². The molecule has 0 saturated carbocycles. The summed E-state index contributed by atoms with van der Waals surface area (Å²) < 4.78 is 0. The molecule has 0 unspecified atom stereocenters. The molecule has 0 spiro atoms. The van der Waals surface area contributed by atoms with Gasteiger partial charge in [0, 0.05) is 13.1 Å². The third-order valence-electron chi connectivity index (χ3n) is 1.88. The smallest absolute Gasteiger partial charge is 0.213 e. The molecule has 0 N–H and O–H groups in total. The van der Waals surface area contributed by atoms with Gasteiger partial charge in [0.25, 0.3) is 0 Å². The fraction of sp³-hybridized carbons (Fsp3) is 0.857. The summed E-state index contributed by atoms with van der Waals surface area (Å²) in [5, 5.41) is 0. The standard InChI is InChI=1S/C7H12BNO/c8-6-7(10)9-4-2-1-3-5-9/h1-6H2. The molecule has 1 fully saturated rings. The molecule has 0 bridgehead atoms. The molecule has 0 aliphatic carbocycles. The van der Waals surface area contributed by atoms with E-state index < -0.39 is 0 Å². The van der Waals surface area contributed by atoms with Gasteiger partial charge < -0.3 is 4.90 Å². The zero-order valence-electron chi connectivity index (χ0n) is 6.18. The molecule has 1 saturated heterocycles. The Balaban J connectivity index is 2.31. The maximum atomic E-state index is 11.0. The Hall–Kier alpha value is -0.465. The lowest BCUT2D eigenvalue weighted by atomic mass is 10.0. The average Bonchev–Trinajstić information content (AvgIpc) is 2.05. The van der Waals surface area contributed by atoms with E-state index in [9.17, 15) is 4.79 Å². The number of nitrogens with zero attached hydrogens (tertiary/aromatic N) is 1. The molecule has 2 nitrogen and oxygen atoms in total. The van der Waals surface area contributed by atoms with E-state index in [0.29, 0.717) is 0 Å². The number of hydrogen-bond donors (Lipinski definition) is 0. The van der Waals surface area contributed by atoms with Crippen LogP contribution in [0.3, 0.4) is 0 Å². The monoisotopic (exact) mass is 137 g/mol. The average molecular weight is 137 g/mol. The second-order valence-electron chi connectivity index (χ2n) is 2.65. The van der Waals surface area contributed by atoms with Crippen LogP contribution in [-0.2, 0) is 4.79 Å². The van der Waals surface area contributed by atoms with Crippen molar-refractivity contribution in [1.29, 1.82) is 0 Å². The number of carbonyl (C=O) groups excluding carboxylic acids is 1. The van der Waals surface area contributed by atoms with E-state index in [1.807, 2.05) is 4.90 Å². The predicted octanol–water partition coefficient (Wildman–Crippen LogP) is 0.586. The van der Waals surface area contributed by atoms with Crippen LogP contribution in [0, 0.1) is 0 Å². The zero-order valence-corrected chi connectivity index (χ0v) is 6.18. The first kappa shape index (κ1) is 7.64. The molecule has 3 heteroatoms. The van der Waals surface area contributed by atoms with Gasteiger partial charge in [0.1, 0.15) is 0 Å². The minimum atomic E-state index is 0.0969. The summed E-state index contributed by atoms with van der Waals surface area (Å²) in [5.74, 6) is 0.0969. The van der Waals surface area contributed by atoms with Crippen molar-refractivity contribution in [1.82, 2.24) is 4.90 Å². The number of hydrogen-bond acceptors (Lipinski definition) is 1. The molecule has 0 aromatic carbocycles. The van der Waals surface area contributed by atoms with E-state index >= 15 is 0 Å². The van der Waals surface area contributed by atoms with Crippen LogP contribution in [0.4, 0.5) is 0 Å².